The molecule has 0 saturated carbocycles. The van der Waals surface area contributed by atoms with Crippen LogP contribution < -0.4 is 0 Å². The molecule has 2 rings (SSSR count). The van der Waals surface area contributed by atoms with E-state index in [1.807, 2.05) is 36.9 Å². The lowest BCUT2D eigenvalue weighted by Gasteiger charge is -2.30. The zero-order valence-electron chi connectivity index (χ0n) is 14.8. The summed E-state index contributed by atoms with van der Waals surface area (Å²) in [4.78, 5) is 28.9. The number of nitrogens with zero attached hydrogens (tertiary/aromatic N) is 2. The molecule has 1 heterocycles. The summed E-state index contributed by atoms with van der Waals surface area (Å²) in [5.41, 5.74) is 1.21. The molecule has 1 aliphatic rings. The highest BCUT2D eigenvalue weighted by Crippen LogP contribution is 2.22. The second-order valence-corrected chi connectivity index (χ2v) is 6.65. The lowest BCUT2D eigenvalue weighted by atomic mass is 10.1. The van der Waals surface area contributed by atoms with E-state index >= 15 is 0 Å². The average molecular weight is 328 g/mol. The average Bonchev–Trinajstić information content (AvgIpc) is 3.07. The summed E-state index contributed by atoms with van der Waals surface area (Å²) < 4.78 is 0. The summed E-state index contributed by atoms with van der Waals surface area (Å²) >= 11 is 0. The van der Waals surface area contributed by atoms with Crippen LogP contribution in [0.25, 0.3) is 0 Å². The van der Waals surface area contributed by atoms with Crippen molar-refractivity contribution in [2.45, 2.75) is 39.2 Å². The molecule has 4 nitrogen and oxygen atoms in total. The smallest absolute Gasteiger partial charge is 0.245 e. The highest BCUT2D eigenvalue weighted by atomic mass is 16.2. The molecule has 4 heteroatoms. The predicted molar refractivity (Wildman–Crippen MR) is 96.5 cm³/mol. The summed E-state index contributed by atoms with van der Waals surface area (Å²) in [6, 6.07) is 9.84. The van der Waals surface area contributed by atoms with Gasteiger partial charge < -0.3 is 9.80 Å². The normalized spacial score (nSPS) is 17.1. The Kier molecular flexibility index (Phi) is 6.59. The first-order valence-electron chi connectivity index (χ1n) is 8.78. The van der Waals surface area contributed by atoms with E-state index in [2.05, 4.69) is 18.7 Å². The van der Waals surface area contributed by atoms with Gasteiger partial charge in [0.2, 0.25) is 11.8 Å². The van der Waals surface area contributed by atoms with Crippen molar-refractivity contribution >= 4 is 11.8 Å². The van der Waals surface area contributed by atoms with E-state index in [1.165, 1.54) is 5.56 Å². The highest BCUT2D eigenvalue weighted by molar-refractivity contribution is 5.89. The van der Waals surface area contributed by atoms with E-state index < -0.39 is 0 Å². The van der Waals surface area contributed by atoms with Crippen molar-refractivity contribution in [3.63, 3.8) is 0 Å². The maximum absolute atomic E-state index is 13.0. The molecule has 1 saturated heterocycles. The van der Waals surface area contributed by atoms with Gasteiger partial charge in [0.1, 0.15) is 6.04 Å². The van der Waals surface area contributed by atoms with E-state index in [9.17, 15) is 9.59 Å². The second-order valence-electron chi connectivity index (χ2n) is 6.65. The lowest BCUT2D eigenvalue weighted by Crippen LogP contribution is -2.49. The third-order valence-electron chi connectivity index (χ3n) is 4.49. The van der Waals surface area contributed by atoms with Crippen LogP contribution in [0.4, 0.5) is 0 Å². The van der Waals surface area contributed by atoms with Crippen molar-refractivity contribution in [3.05, 3.63) is 48.6 Å². The summed E-state index contributed by atoms with van der Waals surface area (Å²) in [6.07, 6.45) is 4.23. The maximum Gasteiger partial charge on any atom is 0.245 e. The first-order valence-corrected chi connectivity index (χ1v) is 8.78. The number of amides is 2. The molecule has 1 fully saturated rings. The van der Waals surface area contributed by atoms with Crippen LogP contribution in [0, 0.1) is 5.92 Å². The van der Waals surface area contributed by atoms with Crippen molar-refractivity contribution in [1.82, 2.24) is 9.80 Å². The highest BCUT2D eigenvalue weighted by Gasteiger charge is 2.36. The van der Waals surface area contributed by atoms with Crippen LogP contribution in [0.3, 0.4) is 0 Å². The first kappa shape index (κ1) is 18.2. The van der Waals surface area contributed by atoms with E-state index in [0.717, 1.165) is 19.3 Å². The summed E-state index contributed by atoms with van der Waals surface area (Å²) in [5, 5.41) is 0. The Morgan fingerprint density at radius 1 is 1.33 bits per heavy atom. The molecule has 1 aromatic carbocycles. The molecule has 0 spiro atoms. The van der Waals surface area contributed by atoms with Gasteiger partial charge in [-0.3, -0.25) is 9.59 Å². The molecule has 1 aliphatic heterocycles. The Hall–Kier alpha value is -2.10. The van der Waals surface area contributed by atoms with Crippen molar-refractivity contribution < 1.29 is 9.59 Å². The van der Waals surface area contributed by atoms with Gasteiger partial charge in [0.05, 0.1) is 0 Å². The maximum atomic E-state index is 13.0. The summed E-state index contributed by atoms with van der Waals surface area (Å²) in [6.45, 7) is 9.40. The molecule has 2 amide bonds. The van der Waals surface area contributed by atoms with Crippen molar-refractivity contribution in [3.8, 4) is 0 Å². The molecule has 1 unspecified atom stereocenters. The molecular weight excluding hydrogens is 300 g/mol. The van der Waals surface area contributed by atoms with E-state index in [1.54, 1.807) is 11.0 Å². The molecule has 0 N–H and O–H groups in total. The fraction of sp³-hybridized carbons (Fsp3) is 0.500. The number of hydrogen-bond acceptors (Lipinski definition) is 2. The van der Waals surface area contributed by atoms with E-state index in [4.69, 9.17) is 0 Å². The van der Waals surface area contributed by atoms with Gasteiger partial charge in [-0.25, -0.2) is 0 Å². The van der Waals surface area contributed by atoms with Crippen molar-refractivity contribution in [2.75, 3.05) is 19.6 Å². The van der Waals surface area contributed by atoms with Gasteiger partial charge in [0.25, 0.3) is 0 Å². The van der Waals surface area contributed by atoms with Gasteiger partial charge in [-0.2, -0.15) is 0 Å². The topological polar surface area (TPSA) is 40.6 Å². The van der Waals surface area contributed by atoms with Gasteiger partial charge in [-0.05, 0) is 24.8 Å². The first-order chi connectivity index (χ1) is 11.5. The van der Waals surface area contributed by atoms with Crippen LogP contribution in [-0.2, 0) is 16.0 Å². The Bertz CT molecular complexity index is 568. The van der Waals surface area contributed by atoms with E-state index in [-0.39, 0.29) is 23.8 Å². The minimum Gasteiger partial charge on any atom is -0.337 e. The van der Waals surface area contributed by atoms with Crippen molar-refractivity contribution in [1.29, 1.82) is 0 Å². The molecule has 130 valence electrons. The quantitative estimate of drug-likeness (QED) is 0.722. The van der Waals surface area contributed by atoms with Crippen LogP contribution in [0.2, 0.25) is 0 Å². The summed E-state index contributed by atoms with van der Waals surface area (Å²) in [5.74, 6) is 0.0559. The van der Waals surface area contributed by atoms with Gasteiger partial charge in [-0.1, -0.05) is 50.3 Å². The minimum atomic E-state index is -0.310. The van der Waals surface area contributed by atoms with Crippen molar-refractivity contribution in [2.24, 2.45) is 5.92 Å². The summed E-state index contributed by atoms with van der Waals surface area (Å²) in [7, 11) is 0. The van der Waals surface area contributed by atoms with Crippen LogP contribution >= 0.6 is 0 Å². The Morgan fingerprint density at radius 3 is 2.67 bits per heavy atom. The Labute approximate surface area is 145 Å². The van der Waals surface area contributed by atoms with Gasteiger partial charge >= 0.3 is 0 Å². The van der Waals surface area contributed by atoms with Gasteiger partial charge in [0.15, 0.2) is 0 Å². The SMILES string of the molecule is C=CCN(CCc1ccccc1)C(=O)C1CCCN1C(=O)C(C)C. The Balaban J connectivity index is 2.04. The fourth-order valence-electron chi connectivity index (χ4n) is 3.19. The van der Waals surface area contributed by atoms with Crippen LogP contribution in [-0.4, -0.2) is 47.3 Å². The number of benzene rings is 1. The molecule has 0 radical (unpaired) electrons. The Morgan fingerprint density at radius 2 is 2.04 bits per heavy atom. The molecule has 0 aliphatic carbocycles. The van der Waals surface area contributed by atoms with Gasteiger partial charge in [0, 0.05) is 25.6 Å². The third kappa shape index (κ3) is 4.47. The molecule has 1 aromatic rings. The standard InChI is InChI=1S/C20H28N2O2/c1-4-13-21(15-12-17-9-6-5-7-10-17)20(24)18-11-8-14-22(18)19(23)16(2)3/h4-7,9-10,16,18H,1,8,11-15H2,2-3H3. The molecular formula is C20H28N2O2. The van der Waals surface area contributed by atoms with Crippen LogP contribution in [0.15, 0.2) is 43.0 Å². The largest absolute Gasteiger partial charge is 0.337 e. The molecule has 24 heavy (non-hydrogen) atoms. The number of hydrogen-bond donors (Lipinski definition) is 0. The number of carbonyl (C=O) groups is 2. The lowest BCUT2D eigenvalue weighted by molar-refractivity contribution is -0.145. The van der Waals surface area contributed by atoms with E-state index in [0.29, 0.717) is 19.6 Å². The predicted octanol–water partition coefficient (Wildman–Crippen LogP) is 2.89. The number of likely N-dealkylation sites (tertiary alicyclic amines) is 1. The number of carbonyl (C=O) groups excluding carboxylic acids is 2. The monoisotopic (exact) mass is 328 g/mol. The zero-order chi connectivity index (χ0) is 17.5. The molecule has 0 bridgehead atoms. The number of rotatable bonds is 7. The minimum absolute atomic E-state index is 0.0531. The zero-order valence-corrected chi connectivity index (χ0v) is 14.8. The second kappa shape index (κ2) is 8.67. The van der Waals surface area contributed by atoms with Crippen LogP contribution in [0.5, 0.6) is 0 Å². The molecule has 1 atom stereocenters. The van der Waals surface area contributed by atoms with Crippen LogP contribution in [0.1, 0.15) is 32.3 Å². The third-order valence-corrected chi connectivity index (χ3v) is 4.49. The van der Waals surface area contributed by atoms with Gasteiger partial charge in [-0.15, -0.1) is 6.58 Å². The fourth-order valence-corrected chi connectivity index (χ4v) is 3.19. The molecule has 0 aromatic heterocycles.